The second kappa shape index (κ2) is 3.40. The van der Waals surface area contributed by atoms with Crippen molar-refractivity contribution in [1.82, 2.24) is 0 Å². The summed E-state index contributed by atoms with van der Waals surface area (Å²) in [6.45, 7) is 6.15. The molecule has 0 saturated carbocycles. The Morgan fingerprint density at radius 1 is 1.70 bits per heavy atom. The number of allylic oxidation sites excluding steroid dienone is 5. The molecule has 0 aliphatic heterocycles. The minimum Gasteiger partial charge on any atom is -0.0956 e. The molecule has 1 rings (SSSR count). The van der Waals surface area contributed by atoms with Crippen LogP contribution in [0.4, 0.5) is 0 Å². The van der Waals surface area contributed by atoms with E-state index in [2.05, 4.69) is 31.7 Å². The van der Waals surface area contributed by atoms with Crippen LogP contribution in [0.5, 0.6) is 0 Å². The van der Waals surface area contributed by atoms with E-state index in [9.17, 15) is 0 Å². The molecule has 0 saturated heterocycles. The summed E-state index contributed by atoms with van der Waals surface area (Å²) < 4.78 is 0. The molecule has 0 bridgehead atoms. The van der Waals surface area contributed by atoms with Crippen LogP contribution in [0.15, 0.2) is 36.0 Å². The van der Waals surface area contributed by atoms with Gasteiger partial charge >= 0.3 is 0 Å². The van der Waals surface area contributed by atoms with E-state index in [1.54, 1.807) is 0 Å². The Kier molecular flexibility index (Phi) is 2.49. The van der Waals surface area contributed by atoms with Gasteiger partial charge in [0.15, 0.2) is 0 Å². The first kappa shape index (κ1) is 7.33. The van der Waals surface area contributed by atoms with E-state index in [0.29, 0.717) is 0 Å². The highest BCUT2D eigenvalue weighted by Crippen LogP contribution is 2.20. The zero-order valence-electron chi connectivity index (χ0n) is 6.56. The van der Waals surface area contributed by atoms with E-state index in [-0.39, 0.29) is 0 Å². The van der Waals surface area contributed by atoms with Gasteiger partial charge in [0, 0.05) is 0 Å². The van der Waals surface area contributed by atoms with Gasteiger partial charge < -0.3 is 0 Å². The quantitative estimate of drug-likeness (QED) is 0.544. The molecule has 10 heavy (non-hydrogen) atoms. The maximum Gasteiger partial charge on any atom is -0.0242 e. The van der Waals surface area contributed by atoms with E-state index < -0.39 is 0 Å². The first-order valence-corrected chi connectivity index (χ1v) is 3.88. The van der Waals surface area contributed by atoms with Crippen LogP contribution in [0.2, 0.25) is 0 Å². The number of hydrogen-bond acceptors (Lipinski definition) is 0. The molecule has 0 fully saturated rings. The molecule has 0 nitrogen and oxygen atoms in total. The maximum absolute atomic E-state index is 3.99. The second-order valence-electron chi connectivity index (χ2n) is 2.62. The van der Waals surface area contributed by atoms with Crippen molar-refractivity contribution in [1.29, 1.82) is 0 Å². The Balaban J connectivity index is 2.62. The van der Waals surface area contributed by atoms with Gasteiger partial charge in [0.2, 0.25) is 0 Å². The van der Waals surface area contributed by atoms with Crippen LogP contribution in [0.3, 0.4) is 0 Å². The number of hydrogen-bond donors (Lipinski definition) is 0. The highest BCUT2D eigenvalue weighted by Gasteiger charge is 2.00. The summed E-state index contributed by atoms with van der Waals surface area (Å²) in [4.78, 5) is 0. The lowest BCUT2D eigenvalue weighted by atomic mass is 9.97. The van der Waals surface area contributed by atoms with Gasteiger partial charge in [-0.2, -0.15) is 0 Å². The van der Waals surface area contributed by atoms with Crippen LogP contribution in [0.25, 0.3) is 0 Å². The average molecular weight is 134 g/mol. The molecule has 0 N–H and O–H groups in total. The Bertz CT molecular complexity index is 182. The lowest BCUT2D eigenvalue weighted by Gasteiger charge is -2.09. The summed E-state index contributed by atoms with van der Waals surface area (Å²) in [5.74, 6) is 0. The summed E-state index contributed by atoms with van der Waals surface area (Å²) in [5, 5.41) is 0. The van der Waals surface area contributed by atoms with Gasteiger partial charge in [0.25, 0.3) is 0 Å². The first-order chi connectivity index (χ1) is 4.84. The Morgan fingerprint density at radius 3 is 3.00 bits per heavy atom. The van der Waals surface area contributed by atoms with Crippen LogP contribution < -0.4 is 0 Å². The third kappa shape index (κ3) is 1.60. The van der Waals surface area contributed by atoms with E-state index in [4.69, 9.17) is 0 Å². The maximum atomic E-state index is 3.99. The van der Waals surface area contributed by atoms with Crippen LogP contribution in [-0.2, 0) is 0 Å². The van der Waals surface area contributed by atoms with Crippen molar-refractivity contribution in [3.8, 4) is 0 Å². The molecule has 0 atom stereocenters. The van der Waals surface area contributed by atoms with Gasteiger partial charge in [-0.1, -0.05) is 37.3 Å². The zero-order valence-corrected chi connectivity index (χ0v) is 6.56. The van der Waals surface area contributed by atoms with Gasteiger partial charge in [-0.15, -0.1) is 0 Å². The molecule has 0 aromatic rings. The van der Waals surface area contributed by atoms with Gasteiger partial charge in [0.05, 0.1) is 0 Å². The second-order valence-corrected chi connectivity index (χ2v) is 2.62. The monoisotopic (exact) mass is 134 g/mol. The highest BCUT2D eigenvalue weighted by atomic mass is 14.1. The van der Waals surface area contributed by atoms with Crippen molar-refractivity contribution in [3.05, 3.63) is 36.0 Å². The van der Waals surface area contributed by atoms with Crippen LogP contribution >= 0.6 is 0 Å². The van der Waals surface area contributed by atoms with Crippen molar-refractivity contribution < 1.29 is 0 Å². The lowest BCUT2D eigenvalue weighted by Crippen LogP contribution is -1.89. The van der Waals surface area contributed by atoms with E-state index >= 15 is 0 Å². The minimum absolute atomic E-state index is 1.08. The summed E-state index contributed by atoms with van der Waals surface area (Å²) in [6, 6.07) is 0. The number of rotatable bonds is 2. The molecule has 0 radical (unpaired) electrons. The normalized spacial score (nSPS) is 16.7. The topological polar surface area (TPSA) is 0 Å². The summed E-state index contributed by atoms with van der Waals surface area (Å²) >= 11 is 0. The van der Waals surface area contributed by atoms with Gasteiger partial charge in [-0.05, 0) is 24.8 Å². The highest BCUT2D eigenvalue weighted by molar-refractivity contribution is 5.33. The molecule has 1 aliphatic carbocycles. The van der Waals surface area contributed by atoms with Crippen molar-refractivity contribution >= 4 is 0 Å². The standard InChI is InChI=1S/C10H14/c1-3-9(2)10-7-5-4-6-8-10/h4-5,7H,2-3,6,8H2,1H3. The molecule has 54 valence electrons. The van der Waals surface area contributed by atoms with E-state index in [0.717, 1.165) is 6.42 Å². The molecule has 0 spiro atoms. The van der Waals surface area contributed by atoms with Crippen molar-refractivity contribution in [3.63, 3.8) is 0 Å². The molecule has 0 amide bonds. The van der Waals surface area contributed by atoms with Crippen molar-refractivity contribution in [2.45, 2.75) is 26.2 Å². The third-order valence-electron chi connectivity index (χ3n) is 1.89. The predicted octanol–water partition coefficient (Wildman–Crippen LogP) is 3.23. The molecule has 0 heterocycles. The fraction of sp³-hybridized carbons (Fsp3) is 0.400. The van der Waals surface area contributed by atoms with Crippen molar-refractivity contribution in [2.75, 3.05) is 0 Å². The fourth-order valence-corrected chi connectivity index (χ4v) is 1.12. The predicted molar refractivity (Wildman–Crippen MR) is 45.9 cm³/mol. The van der Waals surface area contributed by atoms with E-state index in [1.165, 1.54) is 24.0 Å². The van der Waals surface area contributed by atoms with Crippen LogP contribution in [-0.4, -0.2) is 0 Å². The smallest absolute Gasteiger partial charge is 0.0242 e. The Labute approximate surface area is 62.9 Å². The minimum atomic E-state index is 1.08. The summed E-state index contributed by atoms with van der Waals surface area (Å²) in [6.07, 6.45) is 9.95. The Morgan fingerprint density at radius 2 is 2.50 bits per heavy atom. The average Bonchev–Trinajstić information content (AvgIpc) is 2.05. The molecule has 0 unspecified atom stereocenters. The first-order valence-electron chi connectivity index (χ1n) is 3.88. The molecular formula is C10H14. The molecule has 0 aromatic heterocycles. The fourth-order valence-electron chi connectivity index (χ4n) is 1.12. The van der Waals surface area contributed by atoms with Gasteiger partial charge in [-0.25, -0.2) is 0 Å². The van der Waals surface area contributed by atoms with Gasteiger partial charge in [-0.3, -0.25) is 0 Å². The zero-order chi connectivity index (χ0) is 7.40. The Hall–Kier alpha value is -0.780. The van der Waals surface area contributed by atoms with Crippen molar-refractivity contribution in [2.24, 2.45) is 0 Å². The van der Waals surface area contributed by atoms with E-state index in [1.807, 2.05) is 0 Å². The lowest BCUT2D eigenvalue weighted by molar-refractivity contribution is 0.941. The van der Waals surface area contributed by atoms with Crippen LogP contribution in [0.1, 0.15) is 26.2 Å². The molecule has 0 heteroatoms. The van der Waals surface area contributed by atoms with Crippen LogP contribution in [0, 0.1) is 0 Å². The molecule has 0 aromatic carbocycles. The molecule has 1 aliphatic rings. The summed E-state index contributed by atoms with van der Waals surface area (Å²) in [7, 11) is 0. The van der Waals surface area contributed by atoms with Gasteiger partial charge in [0.1, 0.15) is 0 Å². The largest absolute Gasteiger partial charge is 0.0956 e. The SMILES string of the molecule is C=C(CC)C1=CC=CCC1. The molecular weight excluding hydrogens is 120 g/mol. The summed E-state index contributed by atoms with van der Waals surface area (Å²) in [5.41, 5.74) is 2.73. The third-order valence-corrected chi connectivity index (χ3v) is 1.89.